The summed E-state index contributed by atoms with van der Waals surface area (Å²) in [6.07, 6.45) is 4.67. The quantitative estimate of drug-likeness (QED) is 0.0656. The number of para-hydroxylation sites is 2. The molecule has 0 aliphatic carbocycles. The van der Waals surface area contributed by atoms with Crippen molar-refractivity contribution in [2.24, 2.45) is 0 Å². The van der Waals surface area contributed by atoms with Crippen molar-refractivity contribution in [3.8, 4) is 0 Å². The van der Waals surface area contributed by atoms with Gasteiger partial charge in [-0.2, -0.15) is 0 Å². The molecule has 4 N–H and O–H groups in total. The van der Waals surface area contributed by atoms with Crippen molar-refractivity contribution >= 4 is 63.8 Å². The second kappa shape index (κ2) is 27.1. The molecule has 0 atom stereocenters. The van der Waals surface area contributed by atoms with Gasteiger partial charge >= 0.3 is 17.9 Å². The van der Waals surface area contributed by atoms with Crippen molar-refractivity contribution < 1.29 is 53.9 Å². The zero-order chi connectivity index (χ0) is 48.9. The molecule has 6 rings (SSSR count). The Balaban J connectivity index is 0.000000234. The second-order valence-electron chi connectivity index (χ2n) is 17.0. The summed E-state index contributed by atoms with van der Waals surface area (Å²) >= 11 is 3.66. The maximum absolute atomic E-state index is 12.9. The van der Waals surface area contributed by atoms with Crippen LogP contribution < -0.4 is 9.80 Å². The summed E-state index contributed by atoms with van der Waals surface area (Å²) in [7, 11) is 3.48. The molecular formula is C50H68N4O11S2. The predicted octanol–water partition coefficient (Wildman–Crippen LogP) is 7.18. The van der Waals surface area contributed by atoms with Gasteiger partial charge in [0.05, 0.1) is 37.1 Å². The third-order valence-electron chi connectivity index (χ3n) is 12.3. The van der Waals surface area contributed by atoms with Crippen LogP contribution in [0.5, 0.6) is 0 Å². The lowest BCUT2D eigenvalue weighted by Gasteiger charge is -2.48. The Labute approximate surface area is 402 Å². The van der Waals surface area contributed by atoms with Gasteiger partial charge in [-0.25, -0.2) is 4.79 Å². The molecule has 2 amide bonds. The Hall–Kier alpha value is -5.01. The van der Waals surface area contributed by atoms with Crippen molar-refractivity contribution in [3.05, 3.63) is 105 Å². The summed E-state index contributed by atoms with van der Waals surface area (Å²) in [6, 6.07) is 28.8. The van der Waals surface area contributed by atoms with E-state index in [1.807, 2.05) is 107 Å². The number of hydrogen-bond donors (Lipinski definition) is 4. The first-order valence-corrected chi connectivity index (χ1v) is 24.5. The molecule has 2 aliphatic rings. The average molecular weight is 965 g/mol. The van der Waals surface area contributed by atoms with Gasteiger partial charge in [0.25, 0.3) is 0 Å². The lowest BCUT2D eigenvalue weighted by Crippen LogP contribution is -2.60. The Kier molecular flexibility index (Phi) is 22.1. The first-order chi connectivity index (χ1) is 32.1. The van der Waals surface area contributed by atoms with Crippen LogP contribution in [0.1, 0.15) is 75.0 Å². The number of ether oxygens (including phenoxy) is 2. The van der Waals surface area contributed by atoms with Crippen LogP contribution in [0.25, 0.3) is 0 Å². The van der Waals surface area contributed by atoms with Crippen LogP contribution in [0, 0.1) is 0 Å². The van der Waals surface area contributed by atoms with Gasteiger partial charge in [-0.05, 0) is 85.7 Å². The molecule has 0 unspecified atom stereocenters. The van der Waals surface area contributed by atoms with Gasteiger partial charge in [0, 0.05) is 87.5 Å². The lowest BCUT2D eigenvalue weighted by molar-refractivity contribution is -0.170. The topological polar surface area (TPSA) is 198 Å². The van der Waals surface area contributed by atoms with Crippen molar-refractivity contribution in [2.45, 2.75) is 94.7 Å². The van der Waals surface area contributed by atoms with Gasteiger partial charge in [0.2, 0.25) is 11.8 Å². The summed E-state index contributed by atoms with van der Waals surface area (Å²) in [5.74, 6) is -4.68. The maximum atomic E-state index is 12.9. The summed E-state index contributed by atoms with van der Waals surface area (Å²) in [5.41, 5.74) is -1.30. The highest BCUT2D eigenvalue weighted by atomic mass is 32.1. The van der Waals surface area contributed by atoms with Crippen molar-refractivity contribution in [2.75, 3.05) is 76.5 Å². The molecule has 2 aliphatic heterocycles. The third-order valence-corrected chi connectivity index (χ3v) is 14.1. The van der Waals surface area contributed by atoms with E-state index in [9.17, 15) is 24.0 Å². The Morgan fingerprint density at radius 3 is 1.22 bits per heavy atom. The number of carbonyl (C=O) groups excluding carboxylic acids is 2. The molecule has 2 fully saturated rings. The largest absolute Gasteiger partial charge is 0.481 e. The summed E-state index contributed by atoms with van der Waals surface area (Å²) in [5, 5.41) is 38.1. The van der Waals surface area contributed by atoms with Gasteiger partial charge in [-0.15, -0.1) is 22.7 Å². The van der Waals surface area contributed by atoms with Gasteiger partial charge in [-0.1, -0.05) is 62.4 Å². The normalized spacial score (nSPS) is 15.8. The molecule has 17 heteroatoms. The lowest BCUT2D eigenvalue weighted by atomic mass is 9.85. The number of carboxylic acid groups (broad SMARTS) is 3. The van der Waals surface area contributed by atoms with E-state index >= 15 is 0 Å². The maximum Gasteiger partial charge on any atom is 0.336 e. The molecule has 0 radical (unpaired) electrons. The van der Waals surface area contributed by atoms with Crippen LogP contribution in [-0.4, -0.2) is 143 Å². The number of anilines is 2. The highest BCUT2D eigenvalue weighted by Crippen LogP contribution is 2.36. The van der Waals surface area contributed by atoms with Crippen molar-refractivity contribution in [1.82, 2.24) is 9.80 Å². The SMILES string of the molecule is CCC(=O)N(c1ccccc1)C1(COC)CCN(CCc2cccs2)CC1.CCC(=O)N(c1ccccc1)C1(COC)CCN(CCc2cccs2)CC1.O=C(O)CC(O)(CC(=O)O)C(=O)O. The fourth-order valence-corrected chi connectivity index (χ4v) is 10.2. The van der Waals surface area contributed by atoms with Gasteiger partial charge in [-0.3, -0.25) is 19.2 Å². The number of carboxylic acids is 3. The fourth-order valence-electron chi connectivity index (χ4n) is 8.78. The molecule has 2 aromatic carbocycles. The van der Waals surface area contributed by atoms with Crippen LogP contribution in [0.4, 0.5) is 11.4 Å². The number of carbonyl (C=O) groups is 5. The van der Waals surface area contributed by atoms with E-state index in [0.717, 1.165) is 89.2 Å². The number of rotatable bonds is 21. The molecule has 67 heavy (non-hydrogen) atoms. The number of methoxy groups -OCH3 is 2. The zero-order valence-corrected chi connectivity index (χ0v) is 40.9. The van der Waals surface area contributed by atoms with Gasteiger partial charge in [0.1, 0.15) is 0 Å². The van der Waals surface area contributed by atoms with Crippen molar-refractivity contribution in [1.29, 1.82) is 0 Å². The number of likely N-dealkylation sites (tertiary alicyclic amines) is 2. The average Bonchev–Trinajstić information content (AvgIpc) is 4.05. The summed E-state index contributed by atoms with van der Waals surface area (Å²) in [4.78, 5) is 68.3. The predicted molar refractivity (Wildman–Crippen MR) is 262 cm³/mol. The minimum Gasteiger partial charge on any atom is -0.481 e. The molecule has 0 bridgehead atoms. The smallest absolute Gasteiger partial charge is 0.336 e. The van der Waals surface area contributed by atoms with Crippen LogP contribution in [0.15, 0.2) is 95.7 Å². The number of thiophene rings is 2. The van der Waals surface area contributed by atoms with E-state index in [4.69, 9.17) is 29.9 Å². The molecule has 0 spiro atoms. The minimum absolute atomic E-state index is 0.172. The molecule has 15 nitrogen and oxygen atoms in total. The minimum atomic E-state index is -2.74. The fraction of sp³-hybridized carbons (Fsp3) is 0.500. The molecule has 2 saturated heterocycles. The molecule has 2 aromatic heterocycles. The molecule has 4 heterocycles. The van der Waals surface area contributed by atoms with E-state index in [-0.39, 0.29) is 22.9 Å². The molecule has 366 valence electrons. The Morgan fingerprint density at radius 1 is 0.597 bits per heavy atom. The standard InChI is InChI=1S/2C22H30N2O2S.C6H8O7/c2*1-3-21(25)24(19-8-5-4-6-9-19)22(18-26-2)12-15-23(16-13-22)14-11-20-10-7-17-27-20;7-3(8)1-6(13,5(11)12)2-4(9)10/h2*4-10,17H,3,11-16,18H2,1-2H3;13H,1-2H2,(H,7,8)(H,9,10)(H,11,12). The Morgan fingerprint density at radius 2 is 0.955 bits per heavy atom. The van der Waals surface area contributed by atoms with E-state index in [2.05, 4.69) is 44.8 Å². The molecule has 0 saturated carbocycles. The number of nitrogens with zero attached hydrogens (tertiary/aromatic N) is 4. The molecular weight excluding hydrogens is 897 g/mol. The number of aliphatic hydroxyl groups is 1. The van der Waals surface area contributed by atoms with E-state index < -0.39 is 36.4 Å². The number of hydrogen-bond acceptors (Lipinski definition) is 12. The summed E-state index contributed by atoms with van der Waals surface area (Å²) < 4.78 is 11.3. The zero-order valence-electron chi connectivity index (χ0n) is 39.2. The van der Waals surface area contributed by atoms with Gasteiger partial charge in [0.15, 0.2) is 5.60 Å². The van der Waals surface area contributed by atoms with E-state index in [0.29, 0.717) is 26.1 Å². The monoisotopic (exact) mass is 964 g/mol. The number of benzene rings is 2. The van der Waals surface area contributed by atoms with Crippen molar-refractivity contribution in [3.63, 3.8) is 0 Å². The molecule has 4 aromatic rings. The highest BCUT2D eigenvalue weighted by molar-refractivity contribution is 7.10. The van der Waals surface area contributed by atoms with E-state index in [1.54, 1.807) is 14.2 Å². The number of piperidine rings is 2. The highest BCUT2D eigenvalue weighted by Gasteiger charge is 2.44. The number of aliphatic carboxylic acids is 3. The van der Waals surface area contributed by atoms with E-state index in [1.165, 1.54) is 9.75 Å². The first-order valence-electron chi connectivity index (χ1n) is 22.8. The third kappa shape index (κ3) is 16.1. The first kappa shape index (κ1) is 54.6. The van der Waals surface area contributed by atoms with Crippen LogP contribution in [-0.2, 0) is 46.3 Å². The van der Waals surface area contributed by atoms with Crippen LogP contribution in [0.3, 0.4) is 0 Å². The second-order valence-corrected chi connectivity index (χ2v) is 19.0. The Bertz CT molecular complexity index is 1950. The van der Waals surface area contributed by atoms with Crippen LogP contribution >= 0.6 is 22.7 Å². The number of amides is 2. The summed E-state index contributed by atoms with van der Waals surface area (Å²) in [6.45, 7) is 11.2. The van der Waals surface area contributed by atoms with Gasteiger partial charge < -0.3 is 49.5 Å². The van der Waals surface area contributed by atoms with Crippen LogP contribution in [0.2, 0.25) is 0 Å².